The molecular weight excluding hydrogens is 374 g/mol. The van der Waals surface area contributed by atoms with Crippen LogP contribution in [-0.2, 0) is 23.5 Å². The fourth-order valence-electron chi connectivity index (χ4n) is 2.16. The first-order valence-corrected chi connectivity index (χ1v) is 9.49. The molecule has 0 aliphatic rings. The molecule has 0 radical (unpaired) electrons. The summed E-state index contributed by atoms with van der Waals surface area (Å²) in [6.07, 6.45) is 0.660. The number of sulfonamides is 1. The molecule has 0 unspecified atom stereocenters. The van der Waals surface area contributed by atoms with E-state index in [0.717, 1.165) is 20.7 Å². The van der Waals surface area contributed by atoms with Gasteiger partial charge in [0.15, 0.2) is 0 Å². The van der Waals surface area contributed by atoms with E-state index in [0.29, 0.717) is 17.2 Å². The Hall–Kier alpha value is -0.700. The van der Waals surface area contributed by atoms with Gasteiger partial charge in [0.1, 0.15) is 4.21 Å². The molecule has 0 saturated carbocycles. The van der Waals surface area contributed by atoms with Gasteiger partial charge in [-0.2, -0.15) is 9.40 Å². The van der Waals surface area contributed by atoms with E-state index in [1.807, 2.05) is 25.6 Å². The van der Waals surface area contributed by atoms with Crippen LogP contribution < -0.4 is 0 Å². The van der Waals surface area contributed by atoms with Gasteiger partial charge in [-0.3, -0.25) is 4.68 Å². The van der Waals surface area contributed by atoms with Crippen LogP contribution in [-0.4, -0.2) is 36.1 Å². The van der Waals surface area contributed by atoms with Crippen molar-refractivity contribution in [3.63, 3.8) is 0 Å². The van der Waals surface area contributed by atoms with Crippen molar-refractivity contribution < 1.29 is 8.42 Å². The summed E-state index contributed by atoms with van der Waals surface area (Å²) >= 11 is 4.52. The van der Waals surface area contributed by atoms with Crippen molar-refractivity contribution in [2.45, 2.75) is 24.5 Å². The third kappa shape index (κ3) is 3.39. The first kappa shape index (κ1) is 16.7. The Kier molecular flexibility index (Phi) is 4.92. The van der Waals surface area contributed by atoms with Crippen LogP contribution in [0, 0.1) is 13.8 Å². The summed E-state index contributed by atoms with van der Waals surface area (Å²) in [7, 11) is 0.101. The van der Waals surface area contributed by atoms with Crippen LogP contribution >= 0.6 is 27.3 Å². The van der Waals surface area contributed by atoms with Gasteiger partial charge in [0.2, 0.25) is 0 Å². The van der Waals surface area contributed by atoms with E-state index < -0.39 is 10.0 Å². The second kappa shape index (κ2) is 6.20. The van der Waals surface area contributed by atoms with Crippen molar-refractivity contribution in [1.82, 2.24) is 14.1 Å². The summed E-state index contributed by atoms with van der Waals surface area (Å²) in [5.74, 6) is 0. The van der Waals surface area contributed by atoms with Gasteiger partial charge in [-0.25, -0.2) is 8.42 Å². The highest BCUT2D eigenvalue weighted by atomic mass is 79.9. The highest BCUT2D eigenvalue weighted by Crippen LogP contribution is 2.28. The lowest BCUT2D eigenvalue weighted by atomic mass is 10.1. The quantitative estimate of drug-likeness (QED) is 0.786. The number of nitrogens with zero attached hydrogens (tertiary/aromatic N) is 3. The predicted octanol–water partition coefficient (Wildman–Crippen LogP) is 2.72. The molecule has 0 aliphatic carbocycles. The average Bonchev–Trinajstić information content (AvgIpc) is 2.94. The molecule has 0 N–H and O–H groups in total. The molecule has 21 heavy (non-hydrogen) atoms. The highest BCUT2D eigenvalue weighted by Gasteiger charge is 2.23. The molecule has 5 nitrogen and oxygen atoms in total. The lowest BCUT2D eigenvalue weighted by molar-refractivity contribution is 0.473. The number of hydrogen-bond acceptors (Lipinski definition) is 4. The van der Waals surface area contributed by atoms with Gasteiger partial charge in [-0.05, 0) is 53.9 Å². The molecule has 2 aromatic heterocycles. The third-order valence-electron chi connectivity index (χ3n) is 3.55. The van der Waals surface area contributed by atoms with Crippen LogP contribution in [0.3, 0.4) is 0 Å². The maximum absolute atomic E-state index is 12.4. The zero-order chi connectivity index (χ0) is 15.8. The Morgan fingerprint density at radius 2 is 2.05 bits per heavy atom. The Balaban J connectivity index is 2.13. The highest BCUT2D eigenvalue weighted by molar-refractivity contribution is 9.11. The maximum atomic E-state index is 12.4. The van der Waals surface area contributed by atoms with Gasteiger partial charge in [0.25, 0.3) is 10.0 Å². The predicted molar refractivity (Wildman–Crippen MR) is 88.2 cm³/mol. The number of halogens is 1. The van der Waals surface area contributed by atoms with E-state index >= 15 is 0 Å². The van der Waals surface area contributed by atoms with Gasteiger partial charge < -0.3 is 0 Å². The molecule has 0 atom stereocenters. The standard InChI is InChI=1S/C13H18BrN3O2S2/c1-9-11(10(2)17(4)15-9)7-8-16(3)21(18,19)13-6-5-12(14)20-13/h5-6H,7-8H2,1-4H3. The van der Waals surface area contributed by atoms with Crippen molar-refractivity contribution in [2.24, 2.45) is 7.05 Å². The van der Waals surface area contributed by atoms with E-state index in [9.17, 15) is 8.42 Å². The van der Waals surface area contributed by atoms with Crippen LogP contribution in [0.1, 0.15) is 17.0 Å². The van der Waals surface area contributed by atoms with Crippen LogP contribution in [0.4, 0.5) is 0 Å². The number of thiophene rings is 1. The van der Waals surface area contributed by atoms with Crippen molar-refractivity contribution >= 4 is 37.3 Å². The van der Waals surface area contributed by atoms with Gasteiger partial charge in [-0.1, -0.05) is 0 Å². The van der Waals surface area contributed by atoms with Crippen LogP contribution in [0.2, 0.25) is 0 Å². The van der Waals surface area contributed by atoms with Crippen LogP contribution in [0.15, 0.2) is 20.1 Å². The number of hydrogen-bond donors (Lipinski definition) is 0. The summed E-state index contributed by atoms with van der Waals surface area (Å²) < 4.78 is 29.3. The summed E-state index contributed by atoms with van der Waals surface area (Å²) in [6, 6.07) is 3.38. The van der Waals surface area contributed by atoms with Crippen molar-refractivity contribution in [2.75, 3.05) is 13.6 Å². The van der Waals surface area contributed by atoms with Gasteiger partial charge in [0, 0.05) is 26.3 Å². The fraction of sp³-hybridized carbons (Fsp3) is 0.462. The van der Waals surface area contributed by atoms with Crippen LogP contribution in [0.5, 0.6) is 0 Å². The SMILES string of the molecule is Cc1nn(C)c(C)c1CCN(C)S(=O)(=O)c1ccc(Br)s1. The molecule has 116 valence electrons. The van der Waals surface area contributed by atoms with Crippen molar-refractivity contribution in [1.29, 1.82) is 0 Å². The van der Waals surface area contributed by atoms with E-state index in [2.05, 4.69) is 21.0 Å². The third-order valence-corrected chi connectivity index (χ3v) is 7.50. The molecule has 0 amide bonds. The summed E-state index contributed by atoms with van der Waals surface area (Å²) in [5.41, 5.74) is 3.16. The average molecular weight is 392 g/mol. The normalized spacial score (nSPS) is 12.3. The minimum Gasteiger partial charge on any atom is -0.272 e. The fourth-order valence-corrected chi connectivity index (χ4v) is 5.55. The summed E-state index contributed by atoms with van der Waals surface area (Å²) in [6.45, 7) is 4.39. The first-order chi connectivity index (χ1) is 9.73. The molecule has 0 fully saturated rings. The second-order valence-corrected chi connectivity index (χ2v) is 9.64. The topological polar surface area (TPSA) is 55.2 Å². The van der Waals surface area contributed by atoms with Crippen molar-refractivity contribution in [3.8, 4) is 0 Å². The summed E-state index contributed by atoms with van der Waals surface area (Å²) in [4.78, 5) is 0. The maximum Gasteiger partial charge on any atom is 0.252 e. The largest absolute Gasteiger partial charge is 0.272 e. The Bertz CT molecular complexity index is 750. The molecule has 0 spiro atoms. The first-order valence-electron chi connectivity index (χ1n) is 6.44. The van der Waals surface area contributed by atoms with Gasteiger partial charge >= 0.3 is 0 Å². The van der Waals surface area contributed by atoms with E-state index in [4.69, 9.17) is 0 Å². The smallest absolute Gasteiger partial charge is 0.252 e. The Labute approximate surface area is 137 Å². The lowest BCUT2D eigenvalue weighted by Crippen LogP contribution is -2.28. The van der Waals surface area contributed by atoms with Gasteiger partial charge in [0.05, 0.1) is 9.48 Å². The van der Waals surface area contributed by atoms with E-state index in [1.165, 1.54) is 15.6 Å². The van der Waals surface area contributed by atoms with E-state index in [1.54, 1.807) is 19.2 Å². The zero-order valence-corrected chi connectivity index (χ0v) is 15.6. The number of aromatic nitrogens is 2. The number of rotatable bonds is 5. The monoisotopic (exact) mass is 391 g/mol. The Morgan fingerprint density at radius 1 is 1.38 bits per heavy atom. The molecule has 8 heteroatoms. The Morgan fingerprint density at radius 3 is 2.52 bits per heavy atom. The summed E-state index contributed by atoms with van der Waals surface area (Å²) in [5, 5.41) is 4.36. The molecule has 0 bridgehead atoms. The molecule has 0 aromatic carbocycles. The number of aryl methyl sites for hydroxylation is 2. The molecule has 0 aliphatic heterocycles. The lowest BCUT2D eigenvalue weighted by Gasteiger charge is -2.16. The van der Waals surface area contributed by atoms with E-state index in [-0.39, 0.29) is 0 Å². The number of likely N-dealkylation sites (N-methyl/N-ethyl adjacent to an activating group) is 1. The molecular formula is C13H18BrN3O2S2. The van der Waals surface area contributed by atoms with Crippen molar-refractivity contribution in [3.05, 3.63) is 32.9 Å². The zero-order valence-electron chi connectivity index (χ0n) is 12.4. The second-order valence-electron chi connectivity index (χ2n) is 4.91. The molecule has 0 saturated heterocycles. The molecule has 2 rings (SSSR count). The molecule has 2 heterocycles. The molecule has 2 aromatic rings. The van der Waals surface area contributed by atoms with Gasteiger partial charge in [-0.15, -0.1) is 11.3 Å². The van der Waals surface area contributed by atoms with Crippen LogP contribution in [0.25, 0.3) is 0 Å². The minimum atomic E-state index is -3.41. The minimum absolute atomic E-state index is 0.358.